The van der Waals surface area contributed by atoms with Crippen molar-refractivity contribution in [1.82, 2.24) is 9.80 Å². The zero-order chi connectivity index (χ0) is 11.6. The van der Waals surface area contributed by atoms with Crippen molar-refractivity contribution >= 4 is 11.9 Å². The number of carboxylic acid groups (broad SMARTS) is 1. The number of ketones is 1. The maximum absolute atomic E-state index is 11.6. The number of amides is 1. The minimum absolute atomic E-state index is 0.0358. The summed E-state index contributed by atoms with van der Waals surface area (Å²) in [5.41, 5.74) is 0.564. The fourth-order valence-corrected chi connectivity index (χ4v) is 1.68. The first kappa shape index (κ1) is 11.6. The third-order valence-electron chi connectivity index (χ3n) is 2.46. The van der Waals surface area contributed by atoms with Crippen molar-refractivity contribution in [2.45, 2.75) is 19.4 Å². The van der Waals surface area contributed by atoms with Gasteiger partial charge in [0.05, 0.1) is 6.04 Å². The number of nitrogens with zero attached hydrogens (tertiary/aromatic N) is 2. The summed E-state index contributed by atoms with van der Waals surface area (Å²) in [7, 11) is 3.62. The van der Waals surface area contributed by atoms with Crippen molar-refractivity contribution in [3.63, 3.8) is 0 Å². The molecule has 0 aromatic carbocycles. The third kappa shape index (κ3) is 2.49. The standard InChI is InChI=1S/C10H16N2O3/c1-7-8(6-11(2)3)9(13)4-5-12(7)10(14)15/h6-7H,4-5H2,1-3H3,(H,14,15)/b8-6-. The molecule has 1 atom stereocenters. The van der Waals surface area contributed by atoms with Crippen LogP contribution in [0.2, 0.25) is 0 Å². The summed E-state index contributed by atoms with van der Waals surface area (Å²) in [6.45, 7) is 2.03. The lowest BCUT2D eigenvalue weighted by Gasteiger charge is -2.32. The first-order chi connectivity index (χ1) is 6.93. The van der Waals surface area contributed by atoms with E-state index in [1.807, 2.05) is 14.1 Å². The number of rotatable bonds is 1. The topological polar surface area (TPSA) is 60.9 Å². The van der Waals surface area contributed by atoms with Gasteiger partial charge in [-0.3, -0.25) is 4.79 Å². The average Bonchev–Trinajstić information content (AvgIpc) is 2.11. The minimum Gasteiger partial charge on any atom is -0.465 e. The van der Waals surface area contributed by atoms with Gasteiger partial charge in [0.15, 0.2) is 5.78 Å². The minimum atomic E-state index is -0.973. The molecule has 0 saturated carbocycles. The van der Waals surface area contributed by atoms with Crippen LogP contribution in [0.25, 0.3) is 0 Å². The van der Waals surface area contributed by atoms with Crippen molar-refractivity contribution < 1.29 is 14.7 Å². The second-order valence-corrected chi connectivity index (χ2v) is 3.87. The first-order valence-corrected chi connectivity index (χ1v) is 4.84. The van der Waals surface area contributed by atoms with Gasteiger partial charge in [-0.2, -0.15) is 0 Å². The Morgan fingerprint density at radius 2 is 2.20 bits per heavy atom. The second kappa shape index (κ2) is 4.33. The fourth-order valence-electron chi connectivity index (χ4n) is 1.68. The highest BCUT2D eigenvalue weighted by molar-refractivity contribution is 5.98. The van der Waals surface area contributed by atoms with Crippen LogP contribution < -0.4 is 0 Å². The lowest BCUT2D eigenvalue weighted by Crippen LogP contribution is -2.46. The summed E-state index contributed by atoms with van der Waals surface area (Å²) in [6.07, 6.45) is 0.998. The van der Waals surface area contributed by atoms with Crippen LogP contribution in [0.15, 0.2) is 11.8 Å². The van der Waals surface area contributed by atoms with Crippen LogP contribution in [0.1, 0.15) is 13.3 Å². The summed E-state index contributed by atoms with van der Waals surface area (Å²) >= 11 is 0. The molecule has 5 heteroatoms. The Labute approximate surface area is 89.0 Å². The molecule has 1 N–H and O–H groups in total. The van der Waals surface area contributed by atoms with Crippen LogP contribution in [0.5, 0.6) is 0 Å². The fraction of sp³-hybridized carbons (Fsp3) is 0.600. The predicted molar refractivity (Wildman–Crippen MR) is 55.6 cm³/mol. The predicted octanol–water partition coefficient (Wildman–Crippen LogP) is 0.773. The summed E-state index contributed by atoms with van der Waals surface area (Å²) in [5.74, 6) is 0.0358. The number of piperidine rings is 1. The zero-order valence-electron chi connectivity index (χ0n) is 9.23. The zero-order valence-corrected chi connectivity index (χ0v) is 9.23. The van der Waals surface area contributed by atoms with Crippen LogP contribution >= 0.6 is 0 Å². The van der Waals surface area contributed by atoms with Crippen molar-refractivity contribution in [2.75, 3.05) is 20.6 Å². The number of carbonyl (C=O) groups excluding carboxylic acids is 1. The number of hydrogen-bond acceptors (Lipinski definition) is 3. The molecule has 1 aliphatic rings. The molecule has 84 valence electrons. The highest BCUT2D eigenvalue weighted by Crippen LogP contribution is 2.20. The van der Waals surface area contributed by atoms with Gasteiger partial charge in [-0.05, 0) is 6.92 Å². The Bertz CT molecular complexity index is 310. The molecule has 1 aliphatic heterocycles. The maximum Gasteiger partial charge on any atom is 0.407 e. The van der Waals surface area contributed by atoms with Crippen LogP contribution in [-0.2, 0) is 4.79 Å². The van der Waals surface area contributed by atoms with Gasteiger partial charge in [0.1, 0.15) is 0 Å². The van der Waals surface area contributed by atoms with E-state index in [0.717, 1.165) is 0 Å². The van der Waals surface area contributed by atoms with E-state index in [-0.39, 0.29) is 18.2 Å². The molecule has 0 spiro atoms. The summed E-state index contributed by atoms with van der Waals surface area (Å²) in [4.78, 5) is 25.5. The Kier molecular flexibility index (Phi) is 3.34. The van der Waals surface area contributed by atoms with Gasteiger partial charge >= 0.3 is 6.09 Å². The highest BCUT2D eigenvalue weighted by atomic mass is 16.4. The summed E-state index contributed by atoms with van der Waals surface area (Å²) in [6, 6.07) is -0.355. The van der Waals surface area contributed by atoms with E-state index in [1.165, 1.54) is 4.90 Å². The van der Waals surface area contributed by atoms with Crippen LogP contribution in [0.3, 0.4) is 0 Å². The van der Waals surface area contributed by atoms with Gasteiger partial charge < -0.3 is 14.9 Å². The Balaban J connectivity index is 2.93. The molecule has 0 aliphatic carbocycles. The molecular weight excluding hydrogens is 196 g/mol. The van der Waals surface area contributed by atoms with Gasteiger partial charge in [-0.25, -0.2) is 4.79 Å². The number of Topliss-reactive ketones (excluding diaryl/α,β-unsaturated/α-hetero) is 1. The largest absolute Gasteiger partial charge is 0.465 e. The van der Waals surface area contributed by atoms with E-state index in [1.54, 1.807) is 18.0 Å². The van der Waals surface area contributed by atoms with Gasteiger partial charge in [-0.1, -0.05) is 0 Å². The average molecular weight is 212 g/mol. The highest BCUT2D eigenvalue weighted by Gasteiger charge is 2.31. The van der Waals surface area contributed by atoms with Crippen LogP contribution in [0, 0.1) is 0 Å². The SMILES string of the molecule is CC1/C(=C/N(C)C)C(=O)CCN1C(=O)O. The maximum atomic E-state index is 11.6. The van der Waals surface area contributed by atoms with Crippen molar-refractivity contribution in [3.8, 4) is 0 Å². The van der Waals surface area contributed by atoms with Gasteiger partial charge in [0.25, 0.3) is 0 Å². The van der Waals surface area contributed by atoms with E-state index in [9.17, 15) is 9.59 Å². The Morgan fingerprint density at radius 1 is 1.60 bits per heavy atom. The van der Waals surface area contributed by atoms with E-state index >= 15 is 0 Å². The lowest BCUT2D eigenvalue weighted by atomic mass is 9.96. The van der Waals surface area contributed by atoms with Gasteiger partial charge in [-0.15, -0.1) is 0 Å². The van der Waals surface area contributed by atoms with E-state index in [0.29, 0.717) is 12.1 Å². The normalized spacial score (nSPS) is 24.5. The van der Waals surface area contributed by atoms with Crippen molar-refractivity contribution in [1.29, 1.82) is 0 Å². The third-order valence-corrected chi connectivity index (χ3v) is 2.46. The van der Waals surface area contributed by atoms with Gasteiger partial charge in [0, 0.05) is 38.8 Å². The van der Waals surface area contributed by atoms with E-state index in [2.05, 4.69) is 0 Å². The van der Waals surface area contributed by atoms with Gasteiger partial charge in [0.2, 0.25) is 0 Å². The van der Waals surface area contributed by atoms with Crippen LogP contribution in [-0.4, -0.2) is 53.5 Å². The molecule has 1 saturated heterocycles. The molecule has 1 amide bonds. The Morgan fingerprint density at radius 3 is 2.67 bits per heavy atom. The second-order valence-electron chi connectivity index (χ2n) is 3.87. The summed E-state index contributed by atoms with van der Waals surface area (Å²) < 4.78 is 0. The lowest BCUT2D eigenvalue weighted by molar-refractivity contribution is -0.117. The molecule has 0 bridgehead atoms. The molecule has 5 nitrogen and oxygen atoms in total. The molecule has 0 radical (unpaired) electrons. The molecule has 1 heterocycles. The molecule has 0 aromatic rings. The monoisotopic (exact) mass is 212 g/mol. The molecular formula is C10H16N2O3. The van der Waals surface area contributed by atoms with E-state index < -0.39 is 6.09 Å². The molecule has 0 aromatic heterocycles. The Hall–Kier alpha value is -1.52. The van der Waals surface area contributed by atoms with E-state index in [4.69, 9.17) is 5.11 Å². The van der Waals surface area contributed by atoms with Crippen LogP contribution in [0.4, 0.5) is 4.79 Å². The molecule has 1 rings (SSSR count). The summed E-state index contributed by atoms with van der Waals surface area (Å²) in [5, 5.41) is 8.92. The van der Waals surface area contributed by atoms with Crippen molar-refractivity contribution in [2.24, 2.45) is 0 Å². The molecule has 1 unspecified atom stereocenters. The quantitative estimate of drug-likeness (QED) is 0.652. The molecule has 1 fully saturated rings. The molecule has 15 heavy (non-hydrogen) atoms. The number of carbonyl (C=O) groups is 2. The number of hydrogen-bond donors (Lipinski definition) is 1. The number of likely N-dealkylation sites (tertiary alicyclic amines) is 1. The first-order valence-electron chi connectivity index (χ1n) is 4.84. The smallest absolute Gasteiger partial charge is 0.407 e. The van der Waals surface area contributed by atoms with Crippen molar-refractivity contribution in [3.05, 3.63) is 11.8 Å².